The molecule has 0 aromatic heterocycles. The van der Waals surface area contributed by atoms with E-state index in [9.17, 15) is 14.9 Å². The average Bonchev–Trinajstić information content (AvgIpc) is 2.21. The highest BCUT2D eigenvalue weighted by atomic mass is 35.5. The van der Waals surface area contributed by atoms with Crippen LogP contribution in [-0.4, -0.2) is 15.9 Å². The summed E-state index contributed by atoms with van der Waals surface area (Å²) in [6.07, 6.45) is 0. The molecular weight excluding hydrogens is 278 g/mol. The topological polar surface area (TPSA) is 84.3 Å². The first-order chi connectivity index (χ1) is 8.31. The van der Waals surface area contributed by atoms with Gasteiger partial charge in [0.25, 0.3) is 5.69 Å². The second-order valence-electron chi connectivity index (χ2n) is 3.51. The molecule has 18 heavy (non-hydrogen) atoms. The van der Waals surface area contributed by atoms with Gasteiger partial charge in [-0.2, -0.15) is 0 Å². The van der Waals surface area contributed by atoms with Gasteiger partial charge in [0.05, 0.1) is 4.92 Å². The Morgan fingerprint density at radius 1 is 1.50 bits per heavy atom. The second kappa shape index (κ2) is 5.74. The highest BCUT2D eigenvalue weighted by Crippen LogP contribution is 2.30. The fourth-order valence-electron chi connectivity index (χ4n) is 1.25. The molecule has 0 aliphatic carbocycles. The number of carbonyl (C=O) groups is 1. The van der Waals surface area contributed by atoms with Crippen LogP contribution in [0.1, 0.15) is 12.5 Å². The van der Waals surface area contributed by atoms with E-state index in [0.29, 0.717) is 11.3 Å². The molecule has 0 saturated heterocycles. The number of benzene rings is 1. The third-order valence-corrected chi connectivity index (χ3v) is 2.54. The molecule has 0 bridgehead atoms. The molecule has 8 heteroatoms. The zero-order valence-electron chi connectivity index (χ0n) is 9.61. The number of nitro benzene ring substituents is 1. The van der Waals surface area contributed by atoms with Gasteiger partial charge in [-0.15, -0.1) is 0 Å². The molecule has 0 saturated carbocycles. The van der Waals surface area contributed by atoms with Gasteiger partial charge >= 0.3 is 0 Å². The average molecular weight is 288 g/mol. The number of nitrogens with zero attached hydrogens (tertiary/aromatic N) is 1. The molecule has 96 valence electrons. The van der Waals surface area contributed by atoms with E-state index in [1.54, 1.807) is 6.92 Å². The van der Waals surface area contributed by atoms with Gasteiger partial charge in [-0.05, 0) is 30.8 Å². The molecule has 0 heterocycles. The Bertz CT molecular complexity index is 533. The van der Waals surface area contributed by atoms with E-state index in [0.717, 1.165) is 0 Å². The van der Waals surface area contributed by atoms with Crippen LogP contribution in [0.25, 0.3) is 0 Å². The molecule has 0 aliphatic rings. The molecule has 2 N–H and O–H groups in total. The van der Waals surface area contributed by atoms with Crippen molar-refractivity contribution >= 4 is 46.2 Å². The summed E-state index contributed by atoms with van der Waals surface area (Å²) in [5, 5.41) is 15.9. The van der Waals surface area contributed by atoms with Gasteiger partial charge in [-0.25, -0.2) is 0 Å². The molecule has 0 unspecified atom stereocenters. The summed E-state index contributed by atoms with van der Waals surface area (Å²) < 4.78 is 0. The fraction of sp³-hybridized carbons (Fsp3) is 0.200. The normalized spacial score (nSPS) is 9.72. The molecule has 1 aromatic rings. The summed E-state index contributed by atoms with van der Waals surface area (Å²) in [5.41, 5.74) is 0.924. The number of halogens is 1. The van der Waals surface area contributed by atoms with Crippen LogP contribution in [0.5, 0.6) is 0 Å². The smallest absolute Gasteiger partial charge is 0.288 e. The third kappa shape index (κ3) is 3.64. The van der Waals surface area contributed by atoms with E-state index in [4.69, 9.17) is 23.8 Å². The van der Waals surface area contributed by atoms with E-state index < -0.39 is 4.92 Å². The highest BCUT2D eigenvalue weighted by molar-refractivity contribution is 7.80. The van der Waals surface area contributed by atoms with Crippen molar-refractivity contribution in [2.75, 3.05) is 5.32 Å². The lowest BCUT2D eigenvalue weighted by Crippen LogP contribution is -2.32. The molecule has 6 nitrogen and oxygen atoms in total. The van der Waals surface area contributed by atoms with Crippen molar-refractivity contribution in [2.24, 2.45) is 0 Å². The number of hydrogen-bond donors (Lipinski definition) is 2. The first-order valence-corrected chi connectivity index (χ1v) is 5.63. The number of carbonyl (C=O) groups excluding carboxylic acids is 1. The lowest BCUT2D eigenvalue weighted by molar-refractivity contribution is -0.384. The zero-order chi connectivity index (χ0) is 13.9. The second-order valence-corrected chi connectivity index (χ2v) is 4.33. The van der Waals surface area contributed by atoms with Crippen molar-refractivity contribution in [2.45, 2.75) is 13.8 Å². The van der Waals surface area contributed by atoms with E-state index >= 15 is 0 Å². The molecule has 0 radical (unpaired) electrons. The number of thiocarbonyl (C=S) groups is 1. The molecule has 1 aromatic carbocycles. The third-order valence-electron chi connectivity index (χ3n) is 2.03. The Balaban J connectivity index is 2.98. The Morgan fingerprint density at radius 3 is 2.61 bits per heavy atom. The molecular formula is C10H10ClN3O3S. The Hall–Kier alpha value is -1.73. The van der Waals surface area contributed by atoms with Crippen LogP contribution in [0, 0.1) is 17.0 Å². The van der Waals surface area contributed by atoms with Gasteiger partial charge in [0.1, 0.15) is 5.02 Å². The van der Waals surface area contributed by atoms with Gasteiger partial charge in [0.2, 0.25) is 5.91 Å². The van der Waals surface area contributed by atoms with Crippen LogP contribution >= 0.6 is 23.8 Å². The number of amides is 1. The van der Waals surface area contributed by atoms with Crippen molar-refractivity contribution in [3.63, 3.8) is 0 Å². The van der Waals surface area contributed by atoms with Crippen molar-refractivity contribution in [3.8, 4) is 0 Å². The predicted molar refractivity (Wildman–Crippen MR) is 72.9 cm³/mol. The zero-order valence-corrected chi connectivity index (χ0v) is 11.2. The summed E-state index contributed by atoms with van der Waals surface area (Å²) >= 11 is 10.7. The van der Waals surface area contributed by atoms with Crippen LogP contribution in [0.3, 0.4) is 0 Å². The number of nitro groups is 1. The Labute approximate surface area is 113 Å². The molecule has 0 spiro atoms. The van der Waals surface area contributed by atoms with E-state index in [1.165, 1.54) is 19.1 Å². The fourth-order valence-corrected chi connectivity index (χ4v) is 1.74. The lowest BCUT2D eigenvalue weighted by atomic mass is 10.2. The van der Waals surface area contributed by atoms with Crippen LogP contribution < -0.4 is 10.6 Å². The Morgan fingerprint density at radius 2 is 2.11 bits per heavy atom. The van der Waals surface area contributed by atoms with E-state index in [1.807, 2.05) is 0 Å². The van der Waals surface area contributed by atoms with Gasteiger partial charge < -0.3 is 10.6 Å². The molecule has 0 aliphatic heterocycles. The van der Waals surface area contributed by atoms with Crippen molar-refractivity contribution in [1.82, 2.24) is 5.32 Å². The van der Waals surface area contributed by atoms with Crippen molar-refractivity contribution in [1.29, 1.82) is 0 Å². The first kappa shape index (κ1) is 14.3. The van der Waals surface area contributed by atoms with Gasteiger partial charge in [0, 0.05) is 18.7 Å². The minimum absolute atomic E-state index is 0.00118. The summed E-state index contributed by atoms with van der Waals surface area (Å²) in [6, 6.07) is 2.73. The maximum Gasteiger partial charge on any atom is 0.288 e. The molecule has 1 amide bonds. The van der Waals surface area contributed by atoms with Crippen molar-refractivity contribution in [3.05, 3.63) is 32.8 Å². The van der Waals surface area contributed by atoms with Crippen LogP contribution in [0.15, 0.2) is 12.1 Å². The molecule has 0 fully saturated rings. The lowest BCUT2D eigenvalue weighted by Gasteiger charge is -2.11. The maximum absolute atomic E-state index is 10.8. The molecule has 1 rings (SSSR count). The minimum atomic E-state index is -0.564. The van der Waals surface area contributed by atoms with E-state index in [-0.39, 0.29) is 21.7 Å². The summed E-state index contributed by atoms with van der Waals surface area (Å²) in [6.45, 7) is 2.99. The minimum Gasteiger partial charge on any atom is -0.332 e. The van der Waals surface area contributed by atoms with Crippen LogP contribution in [0.2, 0.25) is 5.02 Å². The quantitative estimate of drug-likeness (QED) is 0.496. The van der Waals surface area contributed by atoms with Gasteiger partial charge in [0.15, 0.2) is 5.11 Å². The Kier molecular flexibility index (Phi) is 4.57. The first-order valence-electron chi connectivity index (χ1n) is 4.84. The molecule has 0 atom stereocenters. The summed E-state index contributed by atoms with van der Waals surface area (Å²) in [5.74, 6) is -0.307. The number of rotatable bonds is 2. The van der Waals surface area contributed by atoms with Crippen molar-refractivity contribution < 1.29 is 9.72 Å². The predicted octanol–water partition coefficient (Wildman–Crippen LogP) is 2.39. The largest absolute Gasteiger partial charge is 0.332 e. The monoisotopic (exact) mass is 287 g/mol. The number of nitrogens with one attached hydrogen (secondary N) is 2. The summed E-state index contributed by atoms with van der Waals surface area (Å²) in [7, 11) is 0. The maximum atomic E-state index is 10.8. The number of anilines is 1. The number of aryl methyl sites for hydroxylation is 1. The van der Waals surface area contributed by atoms with E-state index in [2.05, 4.69) is 10.6 Å². The SMILES string of the molecule is CC(=O)NC(=S)Nc1cc(Cl)c([N+](=O)[O-])cc1C. The number of hydrogen-bond acceptors (Lipinski definition) is 4. The van der Waals surface area contributed by atoms with Crippen LogP contribution in [0.4, 0.5) is 11.4 Å². The van der Waals surface area contributed by atoms with Crippen LogP contribution in [-0.2, 0) is 4.79 Å². The van der Waals surface area contributed by atoms with Gasteiger partial charge in [-0.3, -0.25) is 14.9 Å². The highest BCUT2D eigenvalue weighted by Gasteiger charge is 2.15. The standard InChI is InChI=1S/C10H10ClN3O3S/c1-5-3-9(14(16)17)7(11)4-8(5)13-10(18)12-6(2)15/h3-4H,1-2H3,(H2,12,13,15,18). The van der Waals surface area contributed by atoms with Gasteiger partial charge in [-0.1, -0.05) is 11.6 Å². The summed E-state index contributed by atoms with van der Waals surface area (Å²) in [4.78, 5) is 20.9.